The lowest BCUT2D eigenvalue weighted by atomic mass is 10.0. The Morgan fingerprint density at radius 2 is 2.27 bits per heavy atom. The number of methoxy groups -OCH3 is 1. The molecule has 1 amide bonds. The standard InChI is InChI=1S/C9H19N3O3/c1-5-9(3,15-4)8(13)11-6(2)7(10)12-14/h6,14H,5H2,1-4H3,(H2,10,12)(H,11,13). The number of rotatable bonds is 5. The van der Waals surface area contributed by atoms with E-state index >= 15 is 0 Å². The van der Waals surface area contributed by atoms with Crippen LogP contribution in [0, 0.1) is 0 Å². The summed E-state index contributed by atoms with van der Waals surface area (Å²) in [6.07, 6.45) is 0.540. The molecule has 0 aliphatic carbocycles. The molecule has 0 heterocycles. The van der Waals surface area contributed by atoms with Gasteiger partial charge in [-0.25, -0.2) is 0 Å². The van der Waals surface area contributed by atoms with Crippen LogP contribution in [-0.2, 0) is 9.53 Å². The van der Waals surface area contributed by atoms with Crippen molar-refractivity contribution in [2.24, 2.45) is 10.9 Å². The van der Waals surface area contributed by atoms with Gasteiger partial charge in [0.2, 0.25) is 0 Å². The molecule has 15 heavy (non-hydrogen) atoms. The summed E-state index contributed by atoms with van der Waals surface area (Å²) in [5, 5.41) is 13.8. The molecule has 0 saturated carbocycles. The highest BCUT2D eigenvalue weighted by Crippen LogP contribution is 2.13. The Bertz CT molecular complexity index is 249. The smallest absolute Gasteiger partial charge is 0.252 e. The quantitative estimate of drug-likeness (QED) is 0.262. The zero-order valence-corrected chi connectivity index (χ0v) is 9.57. The molecule has 0 aromatic carbocycles. The molecular formula is C9H19N3O3. The van der Waals surface area contributed by atoms with E-state index in [1.807, 2.05) is 6.92 Å². The number of nitrogens with zero attached hydrogens (tertiary/aromatic N) is 1. The molecule has 2 unspecified atom stereocenters. The van der Waals surface area contributed by atoms with Gasteiger partial charge < -0.3 is 21.0 Å². The minimum Gasteiger partial charge on any atom is -0.409 e. The Hall–Kier alpha value is -1.30. The number of carbonyl (C=O) groups excluding carboxylic acids is 1. The van der Waals surface area contributed by atoms with Crippen molar-refractivity contribution in [2.75, 3.05) is 7.11 Å². The molecule has 0 bridgehead atoms. The highest BCUT2D eigenvalue weighted by molar-refractivity contribution is 5.92. The van der Waals surface area contributed by atoms with E-state index in [0.29, 0.717) is 6.42 Å². The van der Waals surface area contributed by atoms with E-state index in [1.54, 1.807) is 13.8 Å². The number of hydrogen-bond acceptors (Lipinski definition) is 4. The summed E-state index contributed by atoms with van der Waals surface area (Å²) < 4.78 is 5.11. The maximum absolute atomic E-state index is 11.7. The lowest BCUT2D eigenvalue weighted by molar-refractivity contribution is -0.142. The molecular weight excluding hydrogens is 198 g/mol. The van der Waals surface area contributed by atoms with E-state index in [2.05, 4.69) is 10.5 Å². The minimum atomic E-state index is -0.885. The zero-order chi connectivity index (χ0) is 12.1. The first-order chi connectivity index (χ1) is 6.91. The van der Waals surface area contributed by atoms with Crippen LogP contribution in [0.15, 0.2) is 5.16 Å². The first-order valence-corrected chi connectivity index (χ1v) is 4.74. The summed E-state index contributed by atoms with van der Waals surface area (Å²) in [4.78, 5) is 11.7. The second-order valence-corrected chi connectivity index (χ2v) is 3.51. The van der Waals surface area contributed by atoms with Gasteiger partial charge in [-0.2, -0.15) is 0 Å². The summed E-state index contributed by atoms with van der Waals surface area (Å²) in [7, 11) is 1.47. The Morgan fingerprint density at radius 1 is 1.73 bits per heavy atom. The second-order valence-electron chi connectivity index (χ2n) is 3.51. The molecule has 88 valence electrons. The van der Waals surface area contributed by atoms with Gasteiger partial charge in [0, 0.05) is 7.11 Å². The van der Waals surface area contributed by atoms with Crippen LogP contribution in [0.5, 0.6) is 0 Å². The number of ether oxygens (including phenoxy) is 1. The van der Waals surface area contributed by atoms with E-state index in [1.165, 1.54) is 7.11 Å². The Balaban J connectivity index is 4.49. The van der Waals surface area contributed by atoms with Gasteiger partial charge in [-0.05, 0) is 20.3 Å². The molecule has 6 nitrogen and oxygen atoms in total. The van der Waals surface area contributed by atoms with Gasteiger partial charge >= 0.3 is 0 Å². The fourth-order valence-electron chi connectivity index (χ4n) is 0.907. The highest BCUT2D eigenvalue weighted by atomic mass is 16.5. The number of nitrogens with two attached hydrogens (primary N) is 1. The normalized spacial score (nSPS) is 18.0. The molecule has 0 radical (unpaired) electrons. The van der Waals surface area contributed by atoms with Gasteiger partial charge in [0.1, 0.15) is 5.60 Å². The number of nitrogens with one attached hydrogen (secondary N) is 1. The molecule has 0 rings (SSSR count). The van der Waals surface area contributed by atoms with Crippen molar-refractivity contribution in [3.63, 3.8) is 0 Å². The molecule has 0 fully saturated rings. The maximum Gasteiger partial charge on any atom is 0.252 e. The molecule has 2 atom stereocenters. The molecule has 0 aromatic rings. The van der Waals surface area contributed by atoms with Crippen molar-refractivity contribution < 1.29 is 14.7 Å². The van der Waals surface area contributed by atoms with Crippen LogP contribution in [0.1, 0.15) is 27.2 Å². The summed E-state index contributed by atoms with van der Waals surface area (Å²) in [6, 6.07) is -0.525. The molecule has 0 aromatic heterocycles. The predicted molar refractivity (Wildman–Crippen MR) is 56.7 cm³/mol. The minimum absolute atomic E-state index is 0.0436. The average Bonchev–Trinajstić information content (AvgIpc) is 2.26. The summed E-state index contributed by atoms with van der Waals surface area (Å²) >= 11 is 0. The second kappa shape index (κ2) is 5.55. The topological polar surface area (TPSA) is 96.9 Å². The lowest BCUT2D eigenvalue weighted by Crippen LogP contribution is -2.52. The van der Waals surface area contributed by atoms with Crippen LogP contribution in [0.2, 0.25) is 0 Å². The molecule has 4 N–H and O–H groups in total. The van der Waals surface area contributed by atoms with Crippen LogP contribution < -0.4 is 11.1 Å². The van der Waals surface area contributed by atoms with Gasteiger partial charge in [0.25, 0.3) is 5.91 Å². The molecule has 0 saturated heterocycles. The predicted octanol–water partition coefficient (Wildman–Crippen LogP) is 0.0526. The third-order valence-electron chi connectivity index (χ3n) is 2.51. The summed E-state index contributed by atoms with van der Waals surface area (Å²) in [5.74, 6) is -0.329. The summed E-state index contributed by atoms with van der Waals surface area (Å²) in [6.45, 7) is 5.15. The van der Waals surface area contributed by atoms with Crippen LogP contribution in [0.25, 0.3) is 0 Å². The number of hydrogen-bond donors (Lipinski definition) is 3. The first-order valence-electron chi connectivity index (χ1n) is 4.74. The van der Waals surface area contributed by atoms with Gasteiger partial charge in [-0.1, -0.05) is 12.1 Å². The van der Waals surface area contributed by atoms with Crippen molar-refractivity contribution in [1.82, 2.24) is 5.32 Å². The Morgan fingerprint density at radius 3 is 2.60 bits per heavy atom. The third-order valence-corrected chi connectivity index (χ3v) is 2.51. The van der Waals surface area contributed by atoms with Crippen LogP contribution in [-0.4, -0.2) is 35.7 Å². The number of amides is 1. The number of carbonyl (C=O) groups is 1. The average molecular weight is 217 g/mol. The van der Waals surface area contributed by atoms with Crippen molar-refractivity contribution >= 4 is 11.7 Å². The molecule has 0 aliphatic rings. The molecule has 0 spiro atoms. The van der Waals surface area contributed by atoms with E-state index in [4.69, 9.17) is 15.7 Å². The monoisotopic (exact) mass is 217 g/mol. The fourth-order valence-corrected chi connectivity index (χ4v) is 0.907. The van der Waals surface area contributed by atoms with Gasteiger partial charge in [0.05, 0.1) is 6.04 Å². The Labute approximate surface area is 89.5 Å². The Kier molecular flexibility index (Phi) is 5.07. The van der Waals surface area contributed by atoms with Gasteiger partial charge in [-0.3, -0.25) is 4.79 Å². The van der Waals surface area contributed by atoms with Crippen LogP contribution in [0.4, 0.5) is 0 Å². The largest absolute Gasteiger partial charge is 0.409 e. The van der Waals surface area contributed by atoms with Crippen LogP contribution >= 0.6 is 0 Å². The number of oxime groups is 1. The third kappa shape index (κ3) is 3.39. The van der Waals surface area contributed by atoms with Crippen molar-refractivity contribution in [3.8, 4) is 0 Å². The van der Waals surface area contributed by atoms with Crippen LogP contribution in [0.3, 0.4) is 0 Å². The summed E-state index contributed by atoms with van der Waals surface area (Å²) in [5.41, 5.74) is 4.45. The highest BCUT2D eigenvalue weighted by Gasteiger charge is 2.32. The maximum atomic E-state index is 11.7. The van der Waals surface area contributed by atoms with E-state index < -0.39 is 11.6 Å². The SMILES string of the molecule is CCC(C)(OC)C(=O)NC(C)C(N)=NO. The first kappa shape index (κ1) is 13.7. The van der Waals surface area contributed by atoms with Crippen molar-refractivity contribution in [3.05, 3.63) is 0 Å². The van der Waals surface area contributed by atoms with Crippen molar-refractivity contribution in [2.45, 2.75) is 38.8 Å². The van der Waals surface area contributed by atoms with Gasteiger partial charge in [0.15, 0.2) is 5.84 Å². The lowest BCUT2D eigenvalue weighted by Gasteiger charge is -2.26. The molecule has 6 heteroatoms. The van der Waals surface area contributed by atoms with Gasteiger partial charge in [-0.15, -0.1) is 0 Å². The number of amidine groups is 1. The van der Waals surface area contributed by atoms with Crippen molar-refractivity contribution in [1.29, 1.82) is 0 Å². The van der Waals surface area contributed by atoms with E-state index in [-0.39, 0.29) is 11.7 Å². The fraction of sp³-hybridized carbons (Fsp3) is 0.778. The molecule has 0 aliphatic heterocycles. The van der Waals surface area contributed by atoms with E-state index in [0.717, 1.165) is 0 Å². The van der Waals surface area contributed by atoms with E-state index in [9.17, 15) is 4.79 Å². The zero-order valence-electron chi connectivity index (χ0n) is 9.57.